The molecule has 3 nitrogen and oxygen atoms in total. The van der Waals surface area contributed by atoms with Gasteiger partial charge in [-0.2, -0.15) is 5.10 Å². The third kappa shape index (κ3) is 2.29. The molecular weight excluding hydrogens is 237 g/mol. The van der Waals surface area contributed by atoms with Gasteiger partial charge in [-0.05, 0) is 36.8 Å². The second-order valence-corrected chi connectivity index (χ2v) is 4.29. The molecule has 0 aliphatic rings. The van der Waals surface area contributed by atoms with Crippen molar-refractivity contribution in [2.75, 3.05) is 0 Å². The number of nitrogens with zero attached hydrogens (tertiary/aromatic N) is 2. The summed E-state index contributed by atoms with van der Waals surface area (Å²) in [5, 5.41) is 6.93. The van der Waals surface area contributed by atoms with E-state index in [2.05, 4.69) is 10.2 Å². The van der Waals surface area contributed by atoms with Gasteiger partial charge in [-0.25, -0.2) is 4.39 Å². The molecule has 0 bridgehead atoms. The molecule has 1 aromatic carbocycles. The highest BCUT2D eigenvalue weighted by molar-refractivity contribution is 7.71. The molecule has 1 aromatic heterocycles. The van der Waals surface area contributed by atoms with Gasteiger partial charge in [-0.15, -0.1) is 0 Å². The summed E-state index contributed by atoms with van der Waals surface area (Å²) in [4.78, 5) is 0. The second-order valence-electron chi connectivity index (χ2n) is 3.90. The number of aromatic amines is 1. The molecule has 5 heteroatoms. The molecule has 0 amide bonds. The predicted octanol–water partition coefficient (Wildman–Crippen LogP) is 3.25. The molecule has 1 N–H and O–H groups in total. The van der Waals surface area contributed by atoms with Gasteiger partial charge in [0, 0.05) is 6.42 Å². The number of benzene rings is 1. The molecule has 17 heavy (non-hydrogen) atoms. The van der Waals surface area contributed by atoms with Crippen LogP contribution in [0.5, 0.6) is 0 Å². The van der Waals surface area contributed by atoms with Crippen LogP contribution in [0.2, 0.25) is 0 Å². The van der Waals surface area contributed by atoms with E-state index in [1.54, 1.807) is 6.07 Å². The van der Waals surface area contributed by atoms with Gasteiger partial charge in [0.05, 0.1) is 6.04 Å². The first-order chi connectivity index (χ1) is 8.13. The Morgan fingerprint density at radius 1 is 1.53 bits per heavy atom. The molecule has 0 radical (unpaired) electrons. The number of hydrogen-bond acceptors (Lipinski definition) is 2. The van der Waals surface area contributed by atoms with Crippen LogP contribution in [-0.4, -0.2) is 14.8 Å². The van der Waals surface area contributed by atoms with Gasteiger partial charge in [-0.3, -0.25) is 9.67 Å². The van der Waals surface area contributed by atoms with Crippen LogP contribution in [0.4, 0.5) is 4.39 Å². The Morgan fingerprint density at radius 3 is 2.94 bits per heavy atom. The molecule has 1 heterocycles. The average molecular weight is 251 g/mol. The first-order valence-electron chi connectivity index (χ1n) is 5.54. The minimum Gasteiger partial charge on any atom is -0.297 e. The molecule has 90 valence electrons. The zero-order valence-electron chi connectivity index (χ0n) is 9.77. The van der Waals surface area contributed by atoms with Crippen LogP contribution in [-0.2, 0) is 6.42 Å². The molecule has 0 saturated heterocycles. The molecule has 0 saturated carbocycles. The molecular formula is C12H14FN3S. The summed E-state index contributed by atoms with van der Waals surface area (Å²) in [6.45, 7) is 4.00. The van der Waals surface area contributed by atoms with Crippen molar-refractivity contribution in [3.05, 3.63) is 46.2 Å². The van der Waals surface area contributed by atoms with Crippen LogP contribution in [0.3, 0.4) is 0 Å². The fraction of sp³-hybridized carbons (Fsp3) is 0.333. The zero-order valence-corrected chi connectivity index (χ0v) is 10.6. The van der Waals surface area contributed by atoms with Crippen LogP contribution >= 0.6 is 12.2 Å². The lowest BCUT2D eigenvalue weighted by Gasteiger charge is -2.15. The summed E-state index contributed by atoms with van der Waals surface area (Å²) in [7, 11) is 0. The Labute approximate surface area is 104 Å². The van der Waals surface area contributed by atoms with Crippen molar-refractivity contribution in [2.45, 2.75) is 26.3 Å². The van der Waals surface area contributed by atoms with Gasteiger partial charge in [0.25, 0.3) is 0 Å². The maximum absolute atomic E-state index is 13.2. The molecule has 1 atom stereocenters. The lowest BCUT2D eigenvalue weighted by molar-refractivity contribution is 0.583. The third-order valence-electron chi connectivity index (χ3n) is 2.81. The van der Waals surface area contributed by atoms with E-state index in [0.29, 0.717) is 4.77 Å². The van der Waals surface area contributed by atoms with Crippen LogP contribution in [0.15, 0.2) is 24.3 Å². The summed E-state index contributed by atoms with van der Waals surface area (Å²) in [5.74, 6) is 0.647. The lowest BCUT2D eigenvalue weighted by Crippen LogP contribution is -2.10. The van der Waals surface area contributed by atoms with E-state index in [-0.39, 0.29) is 11.9 Å². The van der Waals surface area contributed by atoms with E-state index in [0.717, 1.165) is 17.8 Å². The van der Waals surface area contributed by atoms with Crippen molar-refractivity contribution in [1.29, 1.82) is 0 Å². The van der Waals surface area contributed by atoms with E-state index >= 15 is 0 Å². The van der Waals surface area contributed by atoms with Gasteiger partial charge in [0.15, 0.2) is 4.77 Å². The fourth-order valence-corrected chi connectivity index (χ4v) is 2.21. The molecule has 2 rings (SSSR count). The van der Waals surface area contributed by atoms with E-state index in [9.17, 15) is 4.39 Å². The first kappa shape index (κ1) is 12.0. The lowest BCUT2D eigenvalue weighted by atomic mass is 10.1. The van der Waals surface area contributed by atoms with Crippen LogP contribution in [0, 0.1) is 10.6 Å². The van der Waals surface area contributed by atoms with Crippen LogP contribution < -0.4 is 0 Å². The normalized spacial score (nSPS) is 12.6. The summed E-state index contributed by atoms with van der Waals surface area (Å²) >= 11 is 5.20. The van der Waals surface area contributed by atoms with Gasteiger partial charge in [0.2, 0.25) is 0 Å². The zero-order chi connectivity index (χ0) is 12.4. The van der Waals surface area contributed by atoms with Crippen molar-refractivity contribution in [3.63, 3.8) is 0 Å². The summed E-state index contributed by atoms with van der Waals surface area (Å²) in [6.07, 6.45) is 0.785. The highest BCUT2D eigenvalue weighted by atomic mass is 32.1. The van der Waals surface area contributed by atoms with Gasteiger partial charge in [0.1, 0.15) is 11.6 Å². The standard InChI is InChI=1S/C12H14FN3S/c1-3-11-14-15-12(17)16(11)8(2)9-5-4-6-10(13)7-9/h4-8H,3H2,1-2H3,(H,15,17). The maximum Gasteiger partial charge on any atom is 0.195 e. The summed E-state index contributed by atoms with van der Waals surface area (Å²) in [6, 6.07) is 6.54. The molecule has 0 aliphatic heterocycles. The van der Waals surface area contributed by atoms with E-state index in [1.165, 1.54) is 12.1 Å². The summed E-state index contributed by atoms with van der Waals surface area (Å²) in [5.41, 5.74) is 0.886. The molecule has 1 unspecified atom stereocenters. The maximum atomic E-state index is 13.2. The van der Waals surface area contributed by atoms with Gasteiger partial charge >= 0.3 is 0 Å². The smallest absolute Gasteiger partial charge is 0.195 e. The van der Waals surface area contributed by atoms with E-state index in [4.69, 9.17) is 12.2 Å². The number of halogens is 1. The third-order valence-corrected chi connectivity index (χ3v) is 3.10. The highest BCUT2D eigenvalue weighted by Gasteiger charge is 2.13. The number of rotatable bonds is 3. The topological polar surface area (TPSA) is 33.6 Å². The number of aryl methyl sites for hydroxylation is 1. The van der Waals surface area contributed by atoms with Crippen molar-refractivity contribution >= 4 is 12.2 Å². The minimum atomic E-state index is -0.234. The Morgan fingerprint density at radius 2 is 2.29 bits per heavy atom. The van der Waals surface area contributed by atoms with Crippen LogP contribution in [0.1, 0.15) is 31.3 Å². The van der Waals surface area contributed by atoms with E-state index < -0.39 is 0 Å². The van der Waals surface area contributed by atoms with E-state index in [1.807, 2.05) is 24.5 Å². The summed E-state index contributed by atoms with van der Waals surface area (Å²) < 4.78 is 15.7. The number of nitrogens with one attached hydrogen (secondary N) is 1. The molecule has 0 fully saturated rings. The van der Waals surface area contributed by atoms with Gasteiger partial charge < -0.3 is 0 Å². The van der Waals surface area contributed by atoms with Crippen molar-refractivity contribution in [2.24, 2.45) is 0 Å². The highest BCUT2D eigenvalue weighted by Crippen LogP contribution is 2.20. The average Bonchev–Trinajstić information content (AvgIpc) is 2.69. The monoisotopic (exact) mass is 251 g/mol. The quantitative estimate of drug-likeness (QED) is 0.849. The van der Waals surface area contributed by atoms with Crippen LogP contribution in [0.25, 0.3) is 0 Å². The number of H-pyrrole nitrogens is 1. The largest absolute Gasteiger partial charge is 0.297 e. The molecule has 2 aromatic rings. The molecule has 0 spiro atoms. The Balaban J connectivity index is 2.46. The van der Waals surface area contributed by atoms with Gasteiger partial charge in [-0.1, -0.05) is 19.1 Å². The van der Waals surface area contributed by atoms with Crippen molar-refractivity contribution in [3.8, 4) is 0 Å². The minimum absolute atomic E-state index is 0.0214. The number of aromatic nitrogens is 3. The van der Waals surface area contributed by atoms with Crippen molar-refractivity contribution < 1.29 is 4.39 Å². The van der Waals surface area contributed by atoms with Crippen molar-refractivity contribution in [1.82, 2.24) is 14.8 Å². The Kier molecular flexibility index (Phi) is 3.38. The predicted molar refractivity (Wildman–Crippen MR) is 67.0 cm³/mol. The Hall–Kier alpha value is -1.49. The Bertz CT molecular complexity index is 573. The second kappa shape index (κ2) is 4.79. The molecule has 0 aliphatic carbocycles. The fourth-order valence-electron chi connectivity index (χ4n) is 1.90. The first-order valence-corrected chi connectivity index (χ1v) is 5.95. The SMILES string of the molecule is CCc1n[nH]c(=S)n1C(C)c1cccc(F)c1. The number of hydrogen-bond donors (Lipinski definition) is 1.